The first-order valence-corrected chi connectivity index (χ1v) is 11.6. The molecule has 2 heterocycles. The third kappa shape index (κ3) is 9.21. The van der Waals surface area contributed by atoms with Gasteiger partial charge in [0.2, 0.25) is 11.8 Å². The molecule has 0 radical (unpaired) electrons. The molecule has 14 heteroatoms. The van der Waals surface area contributed by atoms with Gasteiger partial charge in [-0.1, -0.05) is 19.1 Å². The Bertz CT molecular complexity index is 957. The molecule has 1 fully saturated rings. The molecule has 2 rings (SSSR count). The minimum Gasteiger partial charge on any atom is -0.356 e. The molecule has 1 aliphatic rings. The highest BCUT2D eigenvalue weighted by molar-refractivity contribution is 5.93. The summed E-state index contributed by atoms with van der Waals surface area (Å²) < 4.78 is 42.3. The molecular weight excluding hydrogens is 485 g/mol. The van der Waals surface area contributed by atoms with Crippen LogP contribution >= 0.6 is 0 Å². The zero-order valence-electron chi connectivity index (χ0n) is 20.9. The maximum absolute atomic E-state index is 13.2. The van der Waals surface area contributed by atoms with Gasteiger partial charge in [0, 0.05) is 18.0 Å². The second kappa shape index (κ2) is 11.8. The van der Waals surface area contributed by atoms with Crippen molar-refractivity contribution in [1.29, 1.82) is 0 Å². The predicted molar refractivity (Wildman–Crippen MR) is 120 cm³/mol. The molecule has 1 aromatic rings. The Kier molecular flexibility index (Phi) is 9.57. The van der Waals surface area contributed by atoms with E-state index in [-0.39, 0.29) is 30.4 Å². The van der Waals surface area contributed by atoms with Gasteiger partial charge in [0.25, 0.3) is 5.91 Å². The van der Waals surface area contributed by atoms with Gasteiger partial charge in [-0.3, -0.25) is 23.9 Å². The van der Waals surface area contributed by atoms with Crippen LogP contribution in [0.5, 0.6) is 0 Å². The van der Waals surface area contributed by atoms with Gasteiger partial charge in [0.05, 0.1) is 12.2 Å². The van der Waals surface area contributed by atoms with Crippen molar-refractivity contribution < 1.29 is 37.1 Å². The Balaban J connectivity index is 2.24. The average Bonchev–Trinajstić information content (AvgIpc) is 3.37. The first-order valence-electron chi connectivity index (χ1n) is 11.6. The van der Waals surface area contributed by atoms with Crippen molar-refractivity contribution in [3.63, 3.8) is 0 Å². The van der Waals surface area contributed by atoms with E-state index < -0.39 is 54.1 Å². The van der Waals surface area contributed by atoms with Crippen LogP contribution in [0.25, 0.3) is 0 Å². The summed E-state index contributed by atoms with van der Waals surface area (Å²) in [4.78, 5) is 50.2. The molecule has 3 amide bonds. The van der Waals surface area contributed by atoms with Crippen molar-refractivity contribution in [2.45, 2.75) is 77.9 Å². The first kappa shape index (κ1) is 29.2. The third-order valence-corrected chi connectivity index (χ3v) is 5.31. The normalized spacial score (nSPS) is 18.0. The molecule has 0 spiro atoms. The highest BCUT2D eigenvalue weighted by atomic mass is 19.4. The fourth-order valence-corrected chi connectivity index (χ4v) is 3.67. The fraction of sp³-hybridized carbons (Fsp3) is 0.727. The van der Waals surface area contributed by atoms with Crippen LogP contribution in [0, 0.1) is 11.8 Å². The van der Waals surface area contributed by atoms with Crippen molar-refractivity contribution in [2.24, 2.45) is 11.8 Å². The molecule has 3 N–H and O–H groups in total. The van der Waals surface area contributed by atoms with Crippen molar-refractivity contribution in [3.05, 3.63) is 11.9 Å². The van der Waals surface area contributed by atoms with Gasteiger partial charge in [-0.25, -0.2) is 4.68 Å². The van der Waals surface area contributed by atoms with Gasteiger partial charge in [0.15, 0.2) is 11.5 Å². The number of ketones is 1. The summed E-state index contributed by atoms with van der Waals surface area (Å²) in [5, 5.41) is 15.5. The maximum atomic E-state index is 13.2. The summed E-state index contributed by atoms with van der Waals surface area (Å²) in [5.74, 6) is -3.24. The minimum absolute atomic E-state index is 0.0275. The number of ether oxygens (including phenoxy) is 1. The number of hydrogen-bond acceptors (Lipinski definition) is 7. The van der Waals surface area contributed by atoms with Crippen LogP contribution in [0.2, 0.25) is 0 Å². The molecule has 3 atom stereocenters. The van der Waals surface area contributed by atoms with Crippen LogP contribution in [0.15, 0.2) is 6.20 Å². The second-order valence-electron chi connectivity index (χ2n) is 10.2. The molecule has 1 aromatic heterocycles. The summed E-state index contributed by atoms with van der Waals surface area (Å²) in [6.07, 6.45) is -3.30. The van der Waals surface area contributed by atoms with Gasteiger partial charge in [-0.2, -0.15) is 0 Å². The molecular formula is C22H33F3N6O5. The van der Waals surface area contributed by atoms with Gasteiger partial charge in [-0.15, -0.1) is 18.3 Å². The zero-order valence-corrected chi connectivity index (χ0v) is 20.9. The molecule has 1 aliphatic heterocycles. The molecule has 0 aliphatic carbocycles. The van der Waals surface area contributed by atoms with E-state index >= 15 is 0 Å². The molecule has 0 saturated carbocycles. The number of rotatable bonds is 11. The standard InChI is InChI=1S/C22H33F3N6O5/c1-12(2)8-16(31-10-15(29-30-31)19(34)28-21(3,4)5)20(35)27-14(9-13-6-7-26-18(13)33)17(32)11-36-22(23,24)25/h10,12-14,16H,6-9,11H2,1-5H3,(H,26,33)(H,27,35)(H,28,34)/t13-,14-,16?/m0/s1. The lowest BCUT2D eigenvalue weighted by atomic mass is 9.95. The van der Waals surface area contributed by atoms with Gasteiger partial charge >= 0.3 is 6.36 Å². The minimum atomic E-state index is -5.03. The second-order valence-corrected chi connectivity index (χ2v) is 10.2. The maximum Gasteiger partial charge on any atom is 0.522 e. The van der Waals surface area contributed by atoms with Crippen molar-refractivity contribution in [3.8, 4) is 0 Å². The number of Topliss-reactive ketones (excluding diaryl/α,β-unsaturated/α-hetero) is 1. The molecule has 0 aromatic carbocycles. The number of hydrogen-bond donors (Lipinski definition) is 3. The Morgan fingerprint density at radius 1 is 1.25 bits per heavy atom. The highest BCUT2D eigenvalue weighted by Gasteiger charge is 2.36. The van der Waals surface area contributed by atoms with E-state index in [4.69, 9.17) is 0 Å². The van der Waals surface area contributed by atoms with E-state index in [0.29, 0.717) is 13.0 Å². The van der Waals surface area contributed by atoms with Crippen LogP contribution in [0.1, 0.15) is 70.4 Å². The number of amides is 3. The van der Waals surface area contributed by atoms with Crippen LogP contribution in [0.4, 0.5) is 13.2 Å². The van der Waals surface area contributed by atoms with E-state index in [9.17, 15) is 32.3 Å². The Morgan fingerprint density at radius 2 is 1.92 bits per heavy atom. The number of alkyl halides is 3. The zero-order chi connectivity index (χ0) is 27.3. The summed E-state index contributed by atoms with van der Waals surface area (Å²) >= 11 is 0. The largest absolute Gasteiger partial charge is 0.522 e. The highest BCUT2D eigenvalue weighted by Crippen LogP contribution is 2.22. The molecule has 202 valence electrons. The SMILES string of the molecule is CC(C)CC(C(=O)N[C@@H](C[C@@H]1CCNC1=O)C(=O)COC(F)(F)F)n1cc(C(=O)NC(C)(C)C)nn1. The summed E-state index contributed by atoms with van der Waals surface area (Å²) in [5.41, 5.74) is -0.561. The first-order chi connectivity index (χ1) is 16.6. The number of halogens is 3. The molecule has 11 nitrogen and oxygen atoms in total. The number of carbonyl (C=O) groups is 4. The number of aromatic nitrogens is 3. The van der Waals surface area contributed by atoms with Gasteiger partial charge in [-0.05, 0) is 46.0 Å². The van der Waals surface area contributed by atoms with E-state index in [1.807, 2.05) is 13.8 Å². The summed E-state index contributed by atoms with van der Waals surface area (Å²) in [6.45, 7) is 8.10. The Morgan fingerprint density at radius 3 is 2.44 bits per heavy atom. The number of nitrogens with zero attached hydrogens (tertiary/aromatic N) is 3. The molecule has 36 heavy (non-hydrogen) atoms. The third-order valence-electron chi connectivity index (χ3n) is 5.31. The smallest absolute Gasteiger partial charge is 0.356 e. The topological polar surface area (TPSA) is 144 Å². The quantitative estimate of drug-likeness (QED) is 0.403. The predicted octanol–water partition coefficient (Wildman–Crippen LogP) is 1.51. The van der Waals surface area contributed by atoms with Crippen LogP contribution < -0.4 is 16.0 Å². The van der Waals surface area contributed by atoms with Crippen molar-refractivity contribution >= 4 is 23.5 Å². The lowest BCUT2D eigenvalue weighted by molar-refractivity contribution is -0.321. The van der Waals surface area contributed by atoms with Crippen LogP contribution in [-0.2, 0) is 19.1 Å². The summed E-state index contributed by atoms with van der Waals surface area (Å²) in [7, 11) is 0. The lowest BCUT2D eigenvalue weighted by Crippen LogP contribution is -2.47. The fourth-order valence-electron chi connectivity index (χ4n) is 3.67. The molecule has 0 bridgehead atoms. The average molecular weight is 519 g/mol. The van der Waals surface area contributed by atoms with Crippen LogP contribution in [-0.4, -0.2) is 69.6 Å². The van der Waals surface area contributed by atoms with Gasteiger partial charge in [0.1, 0.15) is 12.6 Å². The molecule has 1 unspecified atom stereocenters. The lowest BCUT2D eigenvalue weighted by Gasteiger charge is -2.24. The Hall–Kier alpha value is -3.03. The van der Waals surface area contributed by atoms with Crippen molar-refractivity contribution in [1.82, 2.24) is 30.9 Å². The number of nitrogens with one attached hydrogen (secondary N) is 3. The Labute approximate surface area is 206 Å². The van der Waals surface area contributed by atoms with Gasteiger partial charge < -0.3 is 16.0 Å². The van der Waals surface area contributed by atoms with E-state index in [1.54, 1.807) is 20.8 Å². The molecule has 1 saturated heterocycles. The number of carbonyl (C=O) groups excluding carboxylic acids is 4. The van der Waals surface area contributed by atoms with E-state index in [0.717, 1.165) is 0 Å². The van der Waals surface area contributed by atoms with E-state index in [2.05, 4.69) is 31.0 Å². The van der Waals surface area contributed by atoms with Crippen molar-refractivity contribution in [2.75, 3.05) is 13.2 Å². The van der Waals surface area contributed by atoms with Crippen LogP contribution in [0.3, 0.4) is 0 Å². The monoisotopic (exact) mass is 518 g/mol. The summed E-state index contributed by atoms with van der Waals surface area (Å²) in [6, 6.07) is -2.40. The van der Waals surface area contributed by atoms with E-state index in [1.165, 1.54) is 10.9 Å².